The van der Waals surface area contributed by atoms with Gasteiger partial charge in [0.2, 0.25) is 0 Å². The number of aromatic amines is 1. The summed E-state index contributed by atoms with van der Waals surface area (Å²) in [7, 11) is 4.60. The van der Waals surface area contributed by atoms with Crippen LogP contribution in [0.2, 0.25) is 19.1 Å². The molecule has 2 aromatic carbocycles. The second-order valence-corrected chi connectivity index (χ2v) is 24.7. The maximum Gasteiger partial charge on any atom is 0.322 e. The van der Waals surface area contributed by atoms with E-state index in [0.717, 1.165) is 33.4 Å². The summed E-state index contributed by atoms with van der Waals surface area (Å²) in [5.41, 5.74) is -1.68. The van der Waals surface area contributed by atoms with Crippen molar-refractivity contribution >= 4 is 36.8 Å². The smallest absolute Gasteiger partial charge is 0.322 e. The van der Waals surface area contributed by atoms with Crippen molar-refractivity contribution < 1.29 is 39.2 Å². The van der Waals surface area contributed by atoms with Crippen LogP contribution in [0.1, 0.15) is 81.7 Å². The molecule has 344 valence electrons. The highest BCUT2D eigenvalue weighted by atomic mass is 28.4. The fraction of sp³-hybridized carbons (Fsp3) is 0.633. The number of fused-ring (bicyclic) bond motifs is 4. The van der Waals surface area contributed by atoms with Crippen LogP contribution in [-0.2, 0) is 31.6 Å². The number of aliphatic hydroxyl groups excluding tert-OH is 1. The van der Waals surface area contributed by atoms with Gasteiger partial charge in [-0.25, -0.2) is 0 Å². The molecule has 5 heterocycles. The van der Waals surface area contributed by atoms with Gasteiger partial charge in [-0.2, -0.15) is 0 Å². The summed E-state index contributed by atoms with van der Waals surface area (Å²) in [6.45, 7) is 12.6. The molecule has 1 saturated carbocycles. The number of carbonyl (C=O) groups is 2. The van der Waals surface area contributed by atoms with Crippen LogP contribution in [0.15, 0.2) is 48.6 Å². The van der Waals surface area contributed by atoms with E-state index in [0.29, 0.717) is 88.5 Å². The van der Waals surface area contributed by atoms with Crippen molar-refractivity contribution in [1.29, 1.82) is 0 Å². The zero-order valence-corrected chi connectivity index (χ0v) is 39.9. The van der Waals surface area contributed by atoms with Crippen molar-refractivity contribution in [3.8, 4) is 5.75 Å². The van der Waals surface area contributed by atoms with E-state index in [1.165, 1.54) is 7.11 Å². The first-order valence-corrected chi connectivity index (χ1v) is 26.4. The van der Waals surface area contributed by atoms with E-state index in [9.17, 15) is 24.9 Å². The number of benzene rings is 2. The fourth-order valence-corrected chi connectivity index (χ4v) is 14.6. The van der Waals surface area contributed by atoms with Gasteiger partial charge in [-0.3, -0.25) is 14.5 Å². The van der Waals surface area contributed by atoms with Gasteiger partial charge < -0.3 is 49.7 Å². The Kier molecular flexibility index (Phi) is 11.8. The molecule has 1 saturated heterocycles. The number of β-amino-alcohol motifs (C(OH)–C–C–N with tert-alkyl or cyclic N) is 1. The number of aliphatic hydroxyl groups is 3. The molecule has 0 radical (unpaired) electrons. The van der Waals surface area contributed by atoms with Crippen LogP contribution in [0.25, 0.3) is 10.9 Å². The third kappa shape index (κ3) is 6.83. The molecule has 4 aliphatic heterocycles. The number of esters is 1. The highest BCUT2D eigenvalue weighted by molar-refractivity contribution is 6.69. The summed E-state index contributed by atoms with van der Waals surface area (Å²) in [6.07, 6.45) is 6.17. The molecule has 13 nitrogen and oxygen atoms in total. The minimum atomic E-state index is -2.39. The molecule has 1 aliphatic carbocycles. The van der Waals surface area contributed by atoms with E-state index in [4.69, 9.17) is 9.47 Å². The molecular weight excluding hydrogens is 815 g/mol. The molecule has 3 aromatic rings. The average Bonchev–Trinajstić information content (AvgIpc) is 3.91. The maximum absolute atomic E-state index is 15.4. The minimum absolute atomic E-state index is 0.178. The zero-order valence-electron chi connectivity index (χ0n) is 38.9. The lowest BCUT2D eigenvalue weighted by Gasteiger charge is -2.63. The molecular formula is C49H71N5O8Si. The van der Waals surface area contributed by atoms with Gasteiger partial charge in [-0.1, -0.05) is 51.1 Å². The number of anilines is 1. The molecule has 1 aromatic heterocycles. The monoisotopic (exact) mass is 886 g/mol. The molecule has 6 N–H and O–H groups in total. The lowest BCUT2D eigenvalue weighted by Crippen LogP contribution is -2.81. The summed E-state index contributed by atoms with van der Waals surface area (Å²) < 4.78 is 12.4. The van der Waals surface area contributed by atoms with E-state index in [-0.39, 0.29) is 18.5 Å². The van der Waals surface area contributed by atoms with Gasteiger partial charge in [0.1, 0.15) is 17.3 Å². The Balaban J connectivity index is 1.40. The fourth-order valence-electron chi connectivity index (χ4n) is 13.6. The Morgan fingerprint density at radius 2 is 1.76 bits per heavy atom. The number of ether oxygens (including phenoxy) is 2. The van der Waals surface area contributed by atoms with Crippen LogP contribution in [0.4, 0.5) is 5.69 Å². The first-order valence-electron chi connectivity index (χ1n) is 23.2. The number of amides is 1. The number of H-pyrrole nitrogens is 1. The number of nitrogens with zero attached hydrogens (tertiary/aromatic N) is 3. The Labute approximate surface area is 373 Å². The van der Waals surface area contributed by atoms with Crippen LogP contribution < -0.4 is 15.0 Å². The van der Waals surface area contributed by atoms with Crippen LogP contribution in [0.3, 0.4) is 0 Å². The number of carbonyl (C=O) groups excluding carboxylic acids is 2. The molecule has 9 atom stereocenters. The summed E-state index contributed by atoms with van der Waals surface area (Å²) >= 11 is 0. The van der Waals surface area contributed by atoms with Crippen molar-refractivity contribution in [1.82, 2.24) is 20.1 Å². The predicted octanol–water partition coefficient (Wildman–Crippen LogP) is 4.59. The molecule has 0 bridgehead atoms. The lowest BCUT2D eigenvalue weighted by molar-refractivity contribution is -0.203. The molecule has 14 heteroatoms. The van der Waals surface area contributed by atoms with Gasteiger partial charge >= 0.3 is 5.97 Å². The van der Waals surface area contributed by atoms with Crippen molar-refractivity contribution in [2.45, 2.75) is 125 Å². The molecule has 1 spiro atoms. The van der Waals surface area contributed by atoms with Crippen molar-refractivity contribution in [2.75, 3.05) is 65.9 Å². The Hall–Kier alpha value is -3.76. The first kappa shape index (κ1) is 45.8. The number of likely N-dealkylation sites (N-methyl/N-ethyl adjacent to an activating group) is 2. The first-order chi connectivity index (χ1) is 29.8. The van der Waals surface area contributed by atoms with E-state index in [2.05, 4.69) is 45.2 Å². The highest BCUT2D eigenvalue weighted by Crippen LogP contribution is 2.67. The number of rotatable bonds is 10. The van der Waals surface area contributed by atoms with Gasteiger partial charge in [0.05, 0.1) is 25.9 Å². The van der Waals surface area contributed by atoms with Crippen LogP contribution in [0, 0.1) is 11.3 Å². The van der Waals surface area contributed by atoms with Crippen LogP contribution in [0.5, 0.6) is 5.75 Å². The summed E-state index contributed by atoms with van der Waals surface area (Å²) in [5, 5.41) is 42.4. The SMILES string of the molecule is CC[C@]1(O)C[C@H](C)C[C@](C(=O)OC)(c2cc3c(cc2OC)N(C)[C@@H]2C34CCN3CC=C[C@](CC)([C@H]34)[C@@H](O)[C@]2(O)C(=O)NCCC[Si](C)(C)O)c2[nH]c3ccccc3c2CCN(C)C1. The Morgan fingerprint density at radius 3 is 2.44 bits per heavy atom. The Bertz CT molecular complexity index is 2280. The Morgan fingerprint density at radius 1 is 1.02 bits per heavy atom. The van der Waals surface area contributed by atoms with Gasteiger partial charge in [-0.05, 0) is 107 Å². The van der Waals surface area contributed by atoms with Gasteiger partial charge in [0, 0.05) is 84.0 Å². The van der Waals surface area contributed by atoms with E-state index in [1.54, 1.807) is 7.11 Å². The maximum atomic E-state index is 15.4. The molecule has 1 amide bonds. The summed E-state index contributed by atoms with van der Waals surface area (Å²) in [4.78, 5) is 51.2. The third-order valence-electron chi connectivity index (χ3n) is 16.2. The van der Waals surface area contributed by atoms with E-state index in [1.807, 2.05) is 76.3 Å². The number of hydrogen-bond acceptors (Lipinski definition) is 11. The standard InChI is InChI=1S/C49H71N5O8Si/c1-10-45(58)28-31(3)29-48(44(57)62-7,39-33(18-23-52(4)30-45)32-16-12-13-17-36(32)51-39)35-26-34-37(27-38(35)61-6)53(5)41-47(34)20-24-54-22-14-19-46(11-2,40(47)54)42(55)49(41,59)43(56)50-21-15-25-63(8,9)60/h12-14,16-17,19,26-27,31,40-42,51,55,58-60H,10-11,15,18,20-25,28-30H2,1-9H3,(H,50,56)/t31-,40-,41+,42+,45-,46+,47?,48-,49-/m0/s1. The largest absolute Gasteiger partial charge is 0.496 e. The van der Waals surface area contributed by atoms with Crippen LogP contribution in [-0.4, -0.2) is 146 Å². The van der Waals surface area contributed by atoms with E-state index >= 15 is 4.79 Å². The number of aromatic nitrogens is 1. The van der Waals surface area contributed by atoms with Gasteiger partial charge in [0.25, 0.3) is 5.91 Å². The summed E-state index contributed by atoms with van der Waals surface area (Å²) in [5.74, 6) is -0.803. The number of para-hydroxylation sites is 1. The predicted molar refractivity (Wildman–Crippen MR) is 248 cm³/mol. The molecule has 2 fully saturated rings. The molecule has 5 aliphatic rings. The number of methoxy groups -OCH3 is 2. The van der Waals surface area contributed by atoms with Gasteiger partial charge in [0.15, 0.2) is 13.9 Å². The normalized spacial score (nSPS) is 34.5. The molecule has 8 rings (SSSR count). The summed E-state index contributed by atoms with van der Waals surface area (Å²) in [6, 6.07) is 11.6. The van der Waals surface area contributed by atoms with Crippen molar-refractivity contribution in [2.24, 2.45) is 11.3 Å². The minimum Gasteiger partial charge on any atom is -0.496 e. The lowest BCUT2D eigenvalue weighted by atomic mass is 9.47. The van der Waals surface area contributed by atoms with E-state index < -0.39 is 59.8 Å². The third-order valence-corrected chi connectivity index (χ3v) is 17.7. The zero-order chi connectivity index (χ0) is 45.5. The van der Waals surface area contributed by atoms with Crippen molar-refractivity contribution in [3.63, 3.8) is 0 Å². The quantitative estimate of drug-likeness (QED) is 0.0729. The second-order valence-electron chi connectivity index (χ2n) is 20.5. The second kappa shape index (κ2) is 16.3. The van der Waals surface area contributed by atoms with Crippen molar-refractivity contribution in [3.05, 3.63) is 70.9 Å². The van der Waals surface area contributed by atoms with Crippen LogP contribution >= 0.6 is 0 Å². The highest BCUT2D eigenvalue weighted by Gasteiger charge is 2.78. The number of nitrogens with one attached hydrogen (secondary N) is 2. The van der Waals surface area contributed by atoms with Gasteiger partial charge in [-0.15, -0.1) is 0 Å². The molecule has 1 unspecified atom stereocenters. The topological polar surface area (TPSA) is 171 Å². The molecule has 63 heavy (non-hydrogen) atoms. The number of hydrogen-bond donors (Lipinski definition) is 6. The average molecular weight is 886 g/mol.